The molecule has 0 aromatic carbocycles. The van der Waals surface area contributed by atoms with E-state index in [2.05, 4.69) is 40.0 Å². The average Bonchev–Trinajstić information content (AvgIpc) is 1.66. The maximum Gasteiger partial charge on any atom is -0.0449 e. The van der Waals surface area contributed by atoms with Gasteiger partial charge in [0.05, 0.1) is 0 Å². The molecule has 0 aliphatic rings. The van der Waals surface area contributed by atoms with Crippen LogP contribution in [0.4, 0.5) is 0 Å². The van der Waals surface area contributed by atoms with Gasteiger partial charge < -0.3 is 0 Å². The summed E-state index contributed by atoms with van der Waals surface area (Å²) in [6, 6.07) is 0. The Bertz CT molecular complexity index is 54.3. The molecule has 0 saturated heterocycles. The van der Waals surface area contributed by atoms with Crippen molar-refractivity contribution in [2.75, 3.05) is 20.0 Å². The van der Waals surface area contributed by atoms with Crippen LogP contribution in [0.25, 0.3) is 0 Å². The molecule has 0 aromatic heterocycles. The van der Waals surface area contributed by atoms with Gasteiger partial charge in [-0.15, -0.1) is 7.92 Å². The smallest absolute Gasteiger partial charge is 0.0449 e. The SMILES string of the molecule is C=C[CH2][Pd][Br].CP(C)C. The van der Waals surface area contributed by atoms with Crippen molar-refractivity contribution in [3.05, 3.63) is 12.7 Å². The van der Waals surface area contributed by atoms with E-state index in [0.717, 1.165) is 4.89 Å². The van der Waals surface area contributed by atoms with Crippen molar-refractivity contribution in [3.63, 3.8) is 0 Å². The number of hydrogen-bond acceptors (Lipinski definition) is 0. The topological polar surface area (TPSA) is 0 Å². The van der Waals surface area contributed by atoms with E-state index < -0.39 is 0 Å². The van der Waals surface area contributed by atoms with Crippen molar-refractivity contribution < 1.29 is 16.0 Å². The summed E-state index contributed by atoms with van der Waals surface area (Å²) in [5.74, 6) is 0. The van der Waals surface area contributed by atoms with Crippen molar-refractivity contribution >= 4 is 21.4 Å². The summed E-state index contributed by atoms with van der Waals surface area (Å²) < 4.78 is 0. The van der Waals surface area contributed by atoms with Gasteiger partial charge in [0.15, 0.2) is 0 Å². The number of hydrogen-bond donors (Lipinski definition) is 0. The molecule has 0 rings (SSSR count). The van der Waals surface area contributed by atoms with Gasteiger partial charge >= 0.3 is 46.9 Å². The first-order valence-corrected chi connectivity index (χ1v) is 9.84. The third-order valence-electron chi connectivity index (χ3n) is 0.140. The first kappa shape index (κ1) is 12.9. The summed E-state index contributed by atoms with van der Waals surface area (Å²) in [5.41, 5.74) is 0. The third-order valence-corrected chi connectivity index (χ3v) is 2.04. The molecule has 60 valence electrons. The normalized spacial score (nSPS) is 8.56. The third kappa shape index (κ3) is 45.4. The van der Waals surface area contributed by atoms with Gasteiger partial charge in [0.2, 0.25) is 0 Å². The average molecular weight is 303 g/mol. The Balaban J connectivity index is 0. The molecular weight excluding hydrogens is 289 g/mol. The molecule has 0 aliphatic heterocycles. The fourth-order valence-corrected chi connectivity index (χ4v) is 1.06. The van der Waals surface area contributed by atoms with E-state index in [9.17, 15) is 0 Å². The number of allylic oxidation sites excluding steroid dienone is 1. The van der Waals surface area contributed by atoms with Crippen LogP contribution in [0.2, 0.25) is 4.89 Å². The van der Waals surface area contributed by atoms with Crippen LogP contribution in [0.15, 0.2) is 12.7 Å². The van der Waals surface area contributed by atoms with E-state index in [4.69, 9.17) is 0 Å². The predicted molar refractivity (Wildman–Crippen MR) is 48.6 cm³/mol. The van der Waals surface area contributed by atoms with Crippen molar-refractivity contribution in [2.45, 2.75) is 4.89 Å². The van der Waals surface area contributed by atoms with E-state index in [1.165, 1.54) is 0 Å². The van der Waals surface area contributed by atoms with Crippen LogP contribution in [-0.4, -0.2) is 20.0 Å². The van der Waals surface area contributed by atoms with E-state index in [1.54, 1.807) is 0 Å². The van der Waals surface area contributed by atoms with Gasteiger partial charge in [-0.25, -0.2) is 0 Å². The Morgan fingerprint density at radius 1 is 1.56 bits per heavy atom. The molecule has 3 heteroatoms. The molecule has 0 bridgehead atoms. The molecule has 0 nitrogen and oxygen atoms in total. The monoisotopic (exact) mass is 302 g/mol. The summed E-state index contributed by atoms with van der Waals surface area (Å²) in [6.45, 7) is 10.2. The van der Waals surface area contributed by atoms with Crippen LogP contribution in [0.5, 0.6) is 0 Å². The minimum absolute atomic E-state index is 0.380. The van der Waals surface area contributed by atoms with Gasteiger partial charge in [-0.05, 0) is 20.0 Å². The van der Waals surface area contributed by atoms with Gasteiger partial charge in [-0.3, -0.25) is 0 Å². The van der Waals surface area contributed by atoms with Crippen LogP contribution < -0.4 is 0 Å². The van der Waals surface area contributed by atoms with Gasteiger partial charge in [0, 0.05) is 0 Å². The molecular formula is C6H14BrPPd. The molecule has 9 heavy (non-hydrogen) atoms. The minimum Gasteiger partial charge on any atom is -0.116 e. The van der Waals surface area contributed by atoms with Crippen LogP contribution in [0.1, 0.15) is 0 Å². The Hall–Kier alpha value is 1.31. The molecule has 0 spiro atoms. The number of halogens is 1. The Kier molecular flexibility index (Phi) is 17.3. The molecule has 0 aliphatic carbocycles. The van der Waals surface area contributed by atoms with E-state index in [1.807, 2.05) is 6.08 Å². The Morgan fingerprint density at radius 3 is 1.89 bits per heavy atom. The Labute approximate surface area is 74.6 Å². The molecule has 0 amide bonds. The van der Waals surface area contributed by atoms with Gasteiger partial charge in [0.25, 0.3) is 0 Å². The molecule has 0 aromatic rings. The van der Waals surface area contributed by atoms with E-state index in [-0.39, 0.29) is 0 Å². The van der Waals surface area contributed by atoms with E-state index in [0.29, 0.717) is 23.9 Å². The Morgan fingerprint density at radius 2 is 1.89 bits per heavy atom. The molecule has 0 fully saturated rings. The largest absolute Gasteiger partial charge is 0.116 e. The van der Waals surface area contributed by atoms with Gasteiger partial charge in [-0.2, -0.15) is 0 Å². The zero-order valence-corrected chi connectivity index (χ0v) is 10.2. The van der Waals surface area contributed by atoms with Crippen molar-refractivity contribution in [1.29, 1.82) is 0 Å². The fourth-order valence-electron chi connectivity index (χ4n) is 0.0345. The molecule has 0 heterocycles. The first-order chi connectivity index (χ1) is 4.15. The minimum atomic E-state index is 0.380. The number of rotatable bonds is 2. The molecule has 0 N–H and O–H groups in total. The molecule has 0 saturated carbocycles. The molecule has 0 atom stereocenters. The second-order valence-corrected chi connectivity index (χ2v) is 7.68. The fraction of sp³-hybridized carbons (Fsp3) is 0.667. The standard InChI is InChI=1S/C3H9P.C3H5.BrH.Pd/c1-4(2)3;1-3-2;;/h1-3H3;3H,1-2H2;1H;/q;;;+1/p-1. The molecule has 0 unspecified atom stereocenters. The van der Waals surface area contributed by atoms with E-state index >= 15 is 0 Å². The summed E-state index contributed by atoms with van der Waals surface area (Å²) in [6.07, 6.45) is 1.91. The van der Waals surface area contributed by atoms with Crippen LogP contribution >= 0.6 is 21.4 Å². The second kappa shape index (κ2) is 12.0. The van der Waals surface area contributed by atoms with Crippen LogP contribution in [0.3, 0.4) is 0 Å². The van der Waals surface area contributed by atoms with Crippen molar-refractivity contribution in [1.82, 2.24) is 0 Å². The summed E-state index contributed by atoms with van der Waals surface area (Å²) >= 11 is 3.99. The second-order valence-electron chi connectivity index (χ2n) is 1.84. The quantitative estimate of drug-likeness (QED) is 0.417. The first-order valence-electron chi connectivity index (χ1n) is 2.50. The molecule has 0 radical (unpaired) electrons. The van der Waals surface area contributed by atoms with Crippen LogP contribution in [0, 0.1) is 0 Å². The van der Waals surface area contributed by atoms with Crippen molar-refractivity contribution in [2.24, 2.45) is 0 Å². The summed E-state index contributed by atoms with van der Waals surface area (Å²) in [7, 11) is 0.380. The van der Waals surface area contributed by atoms with Gasteiger partial charge in [0.1, 0.15) is 0 Å². The maximum atomic E-state index is 3.53. The maximum absolute atomic E-state index is 3.53. The summed E-state index contributed by atoms with van der Waals surface area (Å²) in [4.78, 5) is 1.12. The zero-order valence-electron chi connectivity index (χ0n) is 6.13. The summed E-state index contributed by atoms with van der Waals surface area (Å²) in [5, 5.41) is 0. The van der Waals surface area contributed by atoms with Crippen LogP contribution in [-0.2, 0) is 16.0 Å². The zero-order chi connectivity index (χ0) is 7.70. The predicted octanol–water partition coefficient (Wildman–Crippen LogP) is 3.34. The van der Waals surface area contributed by atoms with Gasteiger partial charge in [-0.1, -0.05) is 0 Å². The van der Waals surface area contributed by atoms with Crippen molar-refractivity contribution in [3.8, 4) is 0 Å².